The van der Waals surface area contributed by atoms with Crippen molar-refractivity contribution in [3.8, 4) is 11.8 Å². The first kappa shape index (κ1) is 20.7. The van der Waals surface area contributed by atoms with Gasteiger partial charge >= 0.3 is 6.09 Å². The van der Waals surface area contributed by atoms with E-state index in [0.717, 1.165) is 16.9 Å². The number of ether oxygens (including phenoxy) is 2. The summed E-state index contributed by atoms with van der Waals surface area (Å²) in [6, 6.07) is 20.2. The van der Waals surface area contributed by atoms with E-state index in [9.17, 15) is 10.1 Å². The second-order valence-corrected chi connectivity index (χ2v) is 8.43. The standard InChI is InChI=1S/C24H28N2O3/c1-23(2,3)29-22(27)26-15-13-24(18-25,14-16-26)20-11-7-8-12-21(20)28-17-19-9-5-4-6-10-19/h4-12H,13-17H2,1-3H3. The molecule has 0 aromatic heterocycles. The van der Waals surface area contributed by atoms with Gasteiger partial charge < -0.3 is 14.4 Å². The van der Waals surface area contributed by atoms with Gasteiger partial charge in [0.2, 0.25) is 0 Å². The lowest BCUT2D eigenvalue weighted by Gasteiger charge is -2.38. The first-order valence-corrected chi connectivity index (χ1v) is 9.98. The van der Waals surface area contributed by atoms with Gasteiger partial charge in [-0.1, -0.05) is 48.5 Å². The fourth-order valence-corrected chi connectivity index (χ4v) is 3.56. The van der Waals surface area contributed by atoms with E-state index in [2.05, 4.69) is 6.07 Å². The molecule has 0 radical (unpaired) electrons. The van der Waals surface area contributed by atoms with Gasteiger partial charge in [-0.05, 0) is 45.2 Å². The number of piperidine rings is 1. The number of likely N-dealkylation sites (tertiary alicyclic amines) is 1. The van der Waals surface area contributed by atoms with Crippen LogP contribution in [0, 0.1) is 11.3 Å². The minimum absolute atomic E-state index is 0.322. The second kappa shape index (κ2) is 8.57. The van der Waals surface area contributed by atoms with Gasteiger partial charge in [-0.25, -0.2) is 4.79 Å². The molecule has 0 spiro atoms. The summed E-state index contributed by atoms with van der Waals surface area (Å²) < 4.78 is 11.6. The first-order chi connectivity index (χ1) is 13.8. The van der Waals surface area contributed by atoms with E-state index in [-0.39, 0.29) is 6.09 Å². The molecule has 0 bridgehead atoms. The van der Waals surface area contributed by atoms with Crippen LogP contribution < -0.4 is 4.74 Å². The van der Waals surface area contributed by atoms with Gasteiger partial charge in [-0.2, -0.15) is 5.26 Å². The van der Waals surface area contributed by atoms with Gasteiger partial charge in [0.15, 0.2) is 0 Å². The molecule has 1 aliphatic rings. The van der Waals surface area contributed by atoms with Crippen LogP contribution >= 0.6 is 0 Å². The molecule has 1 heterocycles. The molecule has 29 heavy (non-hydrogen) atoms. The summed E-state index contributed by atoms with van der Waals surface area (Å²) in [6.07, 6.45) is 0.778. The van der Waals surface area contributed by atoms with Crippen molar-refractivity contribution in [2.45, 2.75) is 51.2 Å². The van der Waals surface area contributed by atoms with Crippen molar-refractivity contribution in [1.82, 2.24) is 4.90 Å². The van der Waals surface area contributed by atoms with Gasteiger partial charge in [-0.15, -0.1) is 0 Å². The Balaban J connectivity index is 1.74. The van der Waals surface area contributed by atoms with Crippen LogP contribution in [-0.4, -0.2) is 29.7 Å². The van der Waals surface area contributed by atoms with Crippen LogP contribution in [0.5, 0.6) is 5.75 Å². The number of carbonyl (C=O) groups is 1. The van der Waals surface area contributed by atoms with E-state index in [1.54, 1.807) is 4.90 Å². The molecule has 2 aromatic carbocycles. The minimum atomic E-state index is -0.675. The van der Waals surface area contributed by atoms with Crippen molar-refractivity contribution in [2.75, 3.05) is 13.1 Å². The van der Waals surface area contributed by atoms with Crippen molar-refractivity contribution in [2.24, 2.45) is 0 Å². The molecule has 5 nitrogen and oxygen atoms in total. The van der Waals surface area contributed by atoms with Gasteiger partial charge in [0.05, 0.1) is 11.5 Å². The quantitative estimate of drug-likeness (QED) is 0.730. The Morgan fingerprint density at radius 1 is 1.07 bits per heavy atom. The Labute approximate surface area is 172 Å². The number of hydrogen-bond acceptors (Lipinski definition) is 4. The number of nitrogens with zero attached hydrogens (tertiary/aromatic N) is 2. The van der Waals surface area contributed by atoms with Crippen LogP contribution in [0.3, 0.4) is 0 Å². The number of amides is 1. The lowest BCUT2D eigenvalue weighted by molar-refractivity contribution is 0.0184. The van der Waals surface area contributed by atoms with Crippen molar-refractivity contribution in [3.05, 3.63) is 65.7 Å². The van der Waals surface area contributed by atoms with Gasteiger partial charge in [0, 0.05) is 18.7 Å². The molecule has 5 heteroatoms. The maximum Gasteiger partial charge on any atom is 0.410 e. The highest BCUT2D eigenvalue weighted by Gasteiger charge is 2.40. The van der Waals surface area contributed by atoms with E-state index in [1.165, 1.54) is 0 Å². The van der Waals surface area contributed by atoms with Crippen LogP contribution in [0.1, 0.15) is 44.7 Å². The number of rotatable bonds is 4. The zero-order chi connectivity index (χ0) is 20.9. The number of para-hydroxylation sites is 1. The van der Waals surface area contributed by atoms with Crippen molar-refractivity contribution in [3.63, 3.8) is 0 Å². The Morgan fingerprint density at radius 2 is 1.69 bits per heavy atom. The zero-order valence-corrected chi connectivity index (χ0v) is 17.4. The number of carbonyl (C=O) groups excluding carboxylic acids is 1. The molecule has 2 aromatic rings. The molecular weight excluding hydrogens is 364 g/mol. The summed E-state index contributed by atoms with van der Waals surface area (Å²) in [5.74, 6) is 0.726. The summed E-state index contributed by atoms with van der Waals surface area (Å²) >= 11 is 0. The van der Waals surface area contributed by atoms with E-state index < -0.39 is 11.0 Å². The minimum Gasteiger partial charge on any atom is -0.489 e. The van der Waals surface area contributed by atoms with Crippen molar-refractivity contribution in [1.29, 1.82) is 5.26 Å². The Bertz CT molecular complexity index is 873. The monoisotopic (exact) mass is 392 g/mol. The molecule has 1 amide bonds. The Hall–Kier alpha value is -3.00. The van der Waals surface area contributed by atoms with Gasteiger partial charge in [0.25, 0.3) is 0 Å². The van der Waals surface area contributed by atoms with E-state index in [1.807, 2.05) is 75.4 Å². The first-order valence-electron chi connectivity index (χ1n) is 9.98. The van der Waals surface area contributed by atoms with E-state index >= 15 is 0 Å². The van der Waals surface area contributed by atoms with Crippen molar-refractivity contribution < 1.29 is 14.3 Å². The number of hydrogen-bond donors (Lipinski definition) is 0. The molecule has 0 N–H and O–H groups in total. The third-order valence-electron chi connectivity index (χ3n) is 5.12. The van der Waals surface area contributed by atoms with Crippen molar-refractivity contribution >= 4 is 6.09 Å². The van der Waals surface area contributed by atoms with Crippen LogP contribution in [0.25, 0.3) is 0 Å². The Morgan fingerprint density at radius 3 is 2.31 bits per heavy atom. The summed E-state index contributed by atoms with van der Waals surface area (Å²) in [5.41, 5.74) is 0.764. The highest BCUT2D eigenvalue weighted by Crippen LogP contribution is 2.40. The maximum atomic E-state index is 12.4. The van der Waals surface area contributed by atoms with Crippen LogP contribution in [0.15, 0.2) is 54.6 Å². The molecule has 0 atom stereocenters. The largest absolute Gasteiger partial charge is 0.489 e. The maximum absolute atomic E-state index is 12.4. The van der Waals surface area contributed by atoms with Crippen LogP contribution in [0.2, 0.25) is 0 Å². The molecule has 0 unspecified atom stereocenters. The van der Waals surface area contributed by atoms with E-state index in [0.29, 0.717) is 32.5 Å². The summed E-state index contributed by atoms with van der Waals surface area (Å²) in [4.78, 5) is 14.1. The van der Waals surface area contributed by atoms with Gasteiger partial charge in [0.1, 0.15) is 18.0 Å². The molecule has 1 aliphatic heterocycles. The molecule has 3 rings (SSSR count). The Kier molecular flexibility index (Phi) is 6.12. The molecule has 1 fully saturated rings. The third-order valence-corrected chi connectivity index (χ3v) is 5.12. The third kappa shape index (κ3) is 5.08. The second-order valence-electron chi connectivity index (χ2n) is 8.43. The smallest absolute Gasteiger partial charge is 0.410 e. The fourth-order valence-electron chi connectivity index (χ4n) is 3.56. The molecule has 0 aliphatic carbocycles. The van der Waals surface area contributed by atoms with Crippen LogP contribution in [-0.2, 0) is 16.8 Å². The normalized spacial score (nSPS) is 16.0. The number of benzene rings is 2. The highest BCUT2D eigenvalue weighted by molar-refractivity contribution is 5.68. The molecular formula is C24H28N2O3. The SMILES string of the molecule is CC(C)(C)OC(=O)N1CCC(C#N)(c2ccccc2OCc2ccccc2)CC1. The summed E-state index contributed by atoms with van der Waals surface area (Å²) in [5, 5.41) is 10.1. The lowest BCUT2D eigenvalue weighted by atomic mass is 9.73. The summed E-state index contributed by atoms with van der Waals surface area (Å²) in [7, 11) is 0. The molecule has 0 saturated carbocycles. The topological polar surface area (TPSA) is 62.6 Å². The van der Waals surface area contributed by atoms with Gasteiger partial charge in [-0.3, -0.25) is 0 Å². The van der Waals surface area contributed by atoms with E-state index in [4.69, 9.17) is 9.47 Å². The average molecular weight is 392 g/mol. The summed E-state index contributed by atoms with van der Waals surface area (Å²) in [6.45, 7) is 6.98. The predicted octanol–water partition coefficient (Wildman–Crippen LogP) is 5.06. The highest BCUT2D eigenvalue weighted by atomic mass is 16.6. The average Bonchev–Trinajstić information content (AvgIpc) is 2.72. The zero-order valence-electron chi connectivity index (χ0n) is 17.4. The number of nitriles is 1. The fraction of sp³-hybridized carbons (Fsp3) is 0.417. The molecule has 1 saturated heterocycles. The van der Waals surface area contributed by atoms with Crippen LogP contribution in [0.4, 0.5) is 4.79 Å². The molecule has 152 valence electrons. The predicted molar refractivity (Wildman–Crippen MR) is 112 cm³/mol. The lowest BCUT2D eigenvalue weighted by Crippen LogP contribution is -2.46.